The van der Waals surface area contributed by atoms with Crippen molar-refractivity contribution in [2.75, 3.05) is 0 Å². The van der Waals surface area contributed by atoms with E-state index in [1.807, 2.05) is 29.1 Å². The van der Waals surface area contributed by atoms with Crippen LogP contribution in [0.3, 0.4) is 0 Å². The van der Waals surface area contributed by atoms with Crippen LogP contribution < -0.4 is 5.73 Å². The fraction of sp³-hybridized carbons (Fsp3) is 0.143. The third-order valence-electron chi connectivity index (χ3n) is 2.98. The van der Waals surface area contributed by atoms with E-state index in [0.717, 1.165) is 22.3 Å². The highest BCUT2D eigenvalue weighted by Gasteiger charge is 2.06. The summed E-state index contributed by atoms with van der Waals surface area (Å²) in [5.41, 5.74) is 9.73. The summed E-state index contributed by atoms with van der Waals surface area (Å²) in [4.78, 5) is 4.43. The van der Waals surface area contributed by atoms with Gasteiger partial charge >= 0.3 is 0 Å². The number of pyridine rings is 1. The zero-order chi connectivity index (χ0) is 12.5. The summed E-state index contributed by atoms with van der Waals surface area (Å²) in [6.07, 6.45) is 3.62. The van der Waals surface area contributed by atoms with Gasteiger partial charge in [-0.3, -0.25) is 0 Å². The number of hydrogen-bond acceptors (Lipinski definition) is 3. The van der Waals surface area contributed by atoms with Gasteiger partial charge in [-0.2, -0.15) is 5.10 Å². The highest BCUT2D eigenvalue weighted by molar-refractivity contribution is 5.76. The van der Waals surface area contributed by atoms with Gasteiger partial charge in [0.15, 0.2) is 5.65 Å². The molecule has 0 saturated carbocycles. The summed E-state index contributed by atoms with van der Waals surface area (Å²) in [6, 6.07) is 10.2. The Balaban J connectivity index is 2.15. The largest absolute Gasteiger partial charge is 0.326 e. The number of aryl methyl sites for hydroxylation is 1. The van der Waals surface area contributed by atoms with Crippen molar-refractivity contribution in [2.24, 2.45) is 5.73 Å². The molecule has 0 bridgehead atoms. The topological polar surface area (TPSA) is 56.7 Å². The third-order valence-corrected chi connectivity index (χ3v) is 2.98. The van der Waals surface area contributed by atoms with Crippen LogP contribution in [-0.2, 0) is 6.54 Å². The lowest BCUT2D eigenvalue weighted by Gasteiger charge is -2.03. The Morgan fingerprint density at radius 2 is 1.94 bits per heavy atom. The van der Waals surface area contributed by atoms with Gasteiger partial charge in [0.05, 0.1) is 11.9 Å². The normalized spacial score (nSPS) is 11.0. The molecule has 1 aromatic carbocycles. The molecular formula is C14H14N4. The molecular weight excluding hydrogens is 224 g/mol. The lowest BCUT2D eigenvalue weighted by Crippen LogP contribution is -1.99. The molecule has 0 saturated heterocycles. The smallest absolute Gasteiger partial charge is 0.162 e. The van der Waals surface area contributed by atoms with Gasteiger partial charge in [0.25, 0.3) is 0 Å². The van der Waals surface area contributed by atoms with Crippen molar-refractivity contribution in [1.29, 1.82) is 0 Å². The van der Waals surface area contributed by atoms with E-state index in [-0.39, 0.29) is 0 Å². The maximum absolute atomic E-state index is 5.61. The molecule has 0 spiro atoms. The quantitative estimate of drug-likeness (QED) is 0.744. The van der Waals surface area contributed by atoms with E-state index in [1.165, 1.54) is 5.56 Å². The Morgan fingerprint density at radius 3 is 2.67 bits per heavy atom. The number of nitrogens with two attached hydrogens (primary N) is 1. The van der Waals surface area contributed by atoms with Crippen LogP contribution in [0.4, 0.5) is 0 Å². The van der Waals surface area contributed by atoms with E-state index in [0.29, 0.717) is 6.54 Å². The zero-order valence-electron chi connectivity index (χ0n) is 10.2. The molecule has 2 aromatic heterocycles. The first kappa shape index (κ1) is 10.9. The van der Waals surface area contributed by atoms with E-state index >= 15 is 0 Å². The third kappa shape index (κ3) is 1.76. The van der Waals surface area contributed by atoms with E-state index in [4.69, 9.17) is 5.73 Å². The minimum Gasteiger partial charge on any atom is -0.326 e. The molecule has 0 radical (unpaired) electrons. The van der Waals surface area contributed by atoms with Gasteiger partial charge in [-0.1, -0.05) is 17.7 Å². The maximum Gasteiger partial charge on any atom is 0.162 e. The molecule has 3 aromatic rings. The van der Waals surface area contributed by atoms with Gasteiger partial charge < -0.3 is 5.73 Å². The standard InChI is InChI=1S/C14H14N4/c1-10-2-4-13(5-3-10)18-14-12(9-17-18)6-11(7-15)8-16-14/h2-6,8-9H,7,15H2,1H3. The average molecular weight is 238 g/mol. The average Bonchev–Trinajstić information content (AvgIpc) is 2.82. The molecule has 0 amide bonds. The Morgan fingerprint density at radius 1 is 1.17 bits per heavy atom. The van der Waals surface area contributed by atoms with Crippen LogP contribution in [0.5, 0.6) is 0 Å². The molecule has 2 heterocycles. The molecule has 0 fully saturated rings. The van der Waals surface area contributed by atoms with Gasteiger partial charge in [0.2, 0.25) is 0 Å². The predicted molar refractivity (Wildman–Crippen MR) is 71.5 cm³/mol. The molecule has 0 aliphatic rings. The van der Waals surface area contributed by atoms with Crippen LogP contribution in [0.2, 0.25) is 0 Å². The summed E-state index contributed by atoms with van der Waals surface area (Å²) >= 11 is 0. The molecule has 90 valence electrons. The molecule has 18 heavy (non-hydrogen) atoms. The number of hydrogen-bond donors (Lipinski definition) is 1. The van der Waals surface area contributed by atoms with Gasteiger partial charge in [0, 0.05) is 18.1 Å². The molecule has 0 atom stereocenters. The lowest BCUT2D eigenvalue weighted by molar-refractivity contribution is 0.895. The Hall–Kier alpha value is -2.20. The predicted octanol–water partition coefficient (Wildman–Crippen LogP) is 2.19. The van der Waals surface area contributed by atoms with E-state index < -0.39 is 0 Å². The van der Waals surface area contributed by atoms with Crippen molar-refractivity contribution in [3.05, 3.63) is 53.9 Å². The second-order valence-electron chi connectivity index (χ2n) is 4.35. The fourth-order valence-electron chi connectivity index (χ4n) is 1.95. The monoisotopic (exact) mass is 238 g/mol. The number of fused-ring (bicyclic) bond motifs is 1. The summed E-state index contributed by atoms with van der Waals surface area (Å²) in [5, 5.41) is 5.40. The Kier molecular flexibility index (Phi) is 2.57. The van der Waals surface area contributed by atoms with Crippen molar-refractivity contribution in [3.63, 3.8) is 0 Å². The van der Waals surface area contributed by atoms with Crippen molar-refractivity contribution >= 4 is 11.0 Å². The summed E-state index contributed by atoms with van der Waals surface area (Å²) in [6.45, 7) is 2.56. The van der Waals surface area contributed by atoms with Crippen LogP contribution in [0.15, 0.2) is 42.7 Å². The molecule has 3 rings (SSSR count). The van der Waals surface area contributed by atoms with Crippen LogP contribution in [0.25, 0.3) is 16.7 Å². The van der Waals surface area contributed by atoms with Gasteiger partial charge in [0.1, 0.15) is 0 Å². The minimum absolute atomic E-state index is 0.499. The van der Waals surface area contributed by atoms with E-state index in [1.54, 1.807) is 6.20 Å². The highest BCUT2D eigenvalue weighted by atomic mass is 15.3. The van der Waals surface area contributed by atoms with Crippen molar-refractivity contribution in [1.82, 2.24) is 14.8 Å². The molecule has 2 N–H and O–H groups in total. The van der Waals surface area contributed by atoms with Gasteiger partial charge in [-0.15, -0.1) is 0 Å². The number of aromatic nitrogens is 3. The van der Waals surface area contributed by atoms with E-state index in [9.17, 15) is 0 Å². The van der Waals surface area contributed by atoms with Gasteiger partial charge in [-0.05, 0) is 30.7 Å². The number of benzene rings is 1. The second kappa shape index (κ2) is 4.23. The van der Waals surface area contributed by atoms with Crippen LogP contribution >= 0.6 is 0 Å². The van der Waals surface area contributed by atoms with Crippen molar-refractivity contribution < 1.29 is 0 Å². The minimum atomic E-state index is 0.499. The van der Waals surface area contributed by atoms with Crippen LogP contribution in [-0.4, -0.2) is 14.8 Å². The van der Waals surface area contributed by atoms with Crippen LogP contribution in [0.1, 0.15) is 11.1 Å². The Labute approximate surface area is 105 Å². The summed E-state index contributed by atoms with van der Waals surface area (Å²) < 4.78 is 1.84. The van der Waals surface area contributed by atoms with Crippen LogP contribution in [0, 0.1) is 6.92 Å². The zero-order valence-corrected chi connectivity index (χ0v) is 10.2. The fourth-order valence-corrected chi connectivity index (χ4v) is 1.95. The van der Waals surface area contributed by atoms with Crippen molar-refractivity contribution in [2.45, 2.75) is 13.5 Å². The second-order valence-corrected chi connectivity index (χ2v) is 4.35. The molecule has 0 aliphatic heterocycles. The highest BCUT2D eigenvalue weighted by Crippen LogP contribution is 2.17. The number of nitrogens with zero attached hydrogens (tertiary/aromatic N) is 3. The first-order valence-corrected chi connectivity index (χ1v) is 5.88. The summed E-state index contributed by atoms with van der Waals surface area (Å²) in [7, 11) is 0. The molecule has 4 heteroatoms. The molecule has 0 aliphatic carbocycles. The Bertz CT molecular complexity index is 683. The first-order chi connectivity index (χ1) is 8.78. The first-order valence-electron chi connectivity index (χ1n) is 5.88. The summed E-state index contributed by atoms with van der Waals surface area (Å²) in [5.74, 6) is 0. The maximum atomic E-state index is 5.61. The molecule has 4 nitrogen and oxygen atoms in total. The lowest BCUT2D eigenvalue weighted by atomic mass is 10.2. The number of rotatable bonds is 2. The van der Waals surface area contributed by atoms with E-state index in [2.05, 4.69) is 29.1 Å². The molecule has 0 unspecified atom stereocenters. The SMILES string of the molecule is Cc1ccc(-n2ncc3cc(CN)cnc32)cc1. The van der Waals surface area contributed by atoms with Gasteiger partial charge in [-0.25, -0.2) is 9.67 Å². The van der Waals surface area contributed by atoms with Crippen molar-refractivity contribution in [3.8, 4) is 5.69 Å².